The highest BCUT2D eigenvalue weighted by molar-refractivity contribution is 7.89. The number of benzene rings is 1. The molecule has 0 spiro atoms. The Hall–Kier alpha value is -1.80. The zero-order valence-electron chi connectivity index (χ0n) is 14.1. The molecule has 1 atom stereocenters. The maximum absolute atomic E-state index is 12.5. The summed E-state index contributed by atoms with van der Waals surface area (Å²) in [6, 6.07) is 4.16. The molecule has 0 radical (unpaired) electrons. The van der Waals surface area contributed by atoms with Crippen LogP contribution in [0.2, 0.25) is 0 Å². The van der Waals surface area contributed by atoms with E-state index in [1.54, 1.807) is 19.1 Å². The molecular weight excluding hydrogens is 320 g/mol. The number of nitrogens with one attached hydrogen (secondary N) is 1. The molecule has 1 N–H and O–H groups in total. The summed E-state index contributed by atoms with van der Waals surface area (Å²) in [6.45, 7) is 3.96. The number of esters is 1. The Morgan fingerprint density at radius 2 is 1.96 bits per heavy atom. The summed E-state index contributed by atoms with van der Waals surface area (Å²) in [7, 11) is 0.550. The number of methoxy groups -OCH3 is 1. The first-order valence-electron chi connectivity index (χ1n) is 7.31. The quantitative estimate of drug-likeness (QED) is 0.723. The van der Waals surface area contributed by atoms with E-state index in [-0.39, 0.29) is 10.6 Å². The number of nitrogens with zero attached hydrogens (tertiary/aromatic N) is 1. The van der Waals surface area contributed by atoms with E-state index in [9.17, 15) is 13.2 Å². The van der Waals surface area contributed by atoms with Crippen molar-refractivity contribution in [2.24, 2.45) is 0 Å². The molecule has 0 saturated carbocycles. The molecular formula is C15H24N2O5S. The van der Waals surface area contributed by atoms with Crippen molar-refractivity contribution in [1.29, 1.82) is 0 Å². The third-order valence-corrected chi connectivity index (χ3v) is 5.07. The lowest BCUT2D eigenvalue weighted by Crippen LogP contribution is -2.30. The average Bonchev–Trinajstić information content (AvgIpc) is 2.52. The van der Waals surface area contributed by atoms with E-state index in [4.69, 9.17) is 9.47 Å². The fourth-order valence-electron chi connectivity index (χ4n) is 1.94. The predicted molar refractivity (Wildman–Crippen MR) is 88.2 cm³/mol. The Kier molecular flexibility index (Phi) is 6.83. The second-order valence-corrected chi connectivity index (χ2v) is 7.13. The molecule has 0 saturated heterocycles. The van der Waals surface area contributed by atoms with Crippen molar-refractivity contribution in [1.82, 2.24) is 4.31 Å². The van der Waals surface area contributed by atoms with Crippen LogP contribution in [-0.2, 0) is 19.6 Å². The zero-order chi connectivity index (χ0) is 17.6. The predicted octanol–water partition coefficient (Wildman–Crippen LogP) is 1.70. The van der Waals surface area contributed by atoms with Crippen molar-refractivity contribution >= 4 is 21.7 Å². The highest BCUT2D eigenvalue weighted by atomic mass is 32.2. The summed E-state index contributed by atoms with van der Waals surface area (Å²) in [5.74, 6) is -0.128. The van der Waals surface area contributed by atoms with Gasteiger partial charge >= 0.3 is 5.97 Å². The first-order valence-corrected chi connectivity index (χ1v) is 8.75. The number of sulfonamides is 1. The number of ether oxygens (including phenoxy) is 2. The van der Waals surface area contributed by atoms with Crippen LogP contribution >= 0.6 is 0 Å². The fraction of sp³-hybridized carbons (Fsp3) is 0.533. The molecule has 1 rings (SSSR count). The van der Waals surface area contributed by atoms with Gasteiger partial charge in [0.2, 0.25) is 10.0 Å². The minimum absolute atomic E-state index is 0.0501. The van der Waals surface area contributed by atoms with Crippen LogP contribution in [0, 0.1) is 0 Å². The molecule has 8 heteroatoms. The van der Waals surface area contributed by atoms with E-state index >= 15 is 0 Å². The van der Waals surface area contributed by atoms with Gasteiger partial charge in [-0.15, -0.1) is 0 Å². The number of anilines is 1. The largest absolute Gasteiger partial charge is 0.492 e. The van der Waals surface area contributed by atoms with Gasteiger partial charge in [-0.05, 0) is 31.5 Å². The van der Waals surface area contributed by atoms with E-state index in [1.807, 2.05) is 6.92 Å². The van der Waals surface area contributed by atoms with Gasteiger partial charge < -0.3 is 14.8 Å². The second kappa shape index (κ2) is 8.16. The maximum Gasteiger partial charge on any atom is 0.328 e. The second-order valence-electron chi connectivity index (χ2n) is 5.01. The van der Waals surface area contributed by atoms with E-state index < -0.39 is 22.0 Å². The van der Waals surface area contributed by atoms with Crippen LogP contribution in [0.4, 0.5) is 5.69 Å². The monoisotopic (exact) mass is 344 g/mol. The minimum Gasteiger partial charge on any atom is -0.492 e. The number of carbonyl (C=O) groups excluding carboxylic acids is 1. The Bertz CT molecular complexity index is 643. The number of rotatable bonds is 8. The van der Waals surface area contributed by atoms with Crippen LogP contribution in [0.5, 0.6) is 5.75 Å². The Labute approximate surface area is 137 Å². The maximum atomic E-state index is 12.5. The molecule has 7 nitrogen and oxygen atoms in total. The molecule has 0 aliphatic rings. The molecule has 23 heavy (non-hydrogen) atoms. The van der Waals surface area contributed by atoms with Crippen molar-refractivity contribution in [3.8, 4) is 5.75 Å². The molecule has 130 valence electrons. The summed E-state index contributed by atoms with van der Waals surface area (Å²) in [5, 5.41) is 2.99. The SMILES string of the molecule is CCOc1ccc(NC(CC)C(=O)OC)cc1S(=O)(=O)N(C)C. The van der Waals surface area contributed by atoms with Crippen molar-refractivity contribution in [2.75, 3.05) is 33.1 Å². The molecule has 1 aromatic carbocycles. The summed E-state index contributed by atoms with van der Waals surface area (Å²) in [5.41, 5.74) is 0.506. The third kappa shape index (κ3) is 4.59. The highest BCUT2D eigenvalue weighted by Gasteiger charge is 2.24. The Morgan fingerprint density at radius 1 is 1.30 bits per heavy atom. The normalized spacial score (nSPS) is 12.8. The van der Waals surface area contributed by atoms with Crippen molar-refractivity contribution in [3.05, 3.63) is 18.2 Å². The van der Waals surface area contributed by atoms with Gasteiger partial charge in [-0.3, -0.25) is 0 Å². The van der Waals surface area contributed by atoms with Crippen LogP contribution in [0.25, 0.3) is 0 Å². The van der Waals surface area contributed by atoms with Gasteiger partial charge in [0.05, 0.1) is 13.7 Å². The first kappa shape index (κ1) is 19.2. The molecule has 0 aromatic heterocycles. The van der Waals surface area contributed by atoms with Gasteiger partial charge in [0, 0.05) is 19.8 Å². The Balaban J connectivity index is 3.26. The van der Waals surface area contributed by atoms with E-state index in [0.717, 1.165) is 4.31 Å². The number of hydrogen-bond acceptors (Lipinski definition) is 6. The summed E-state index contributed by atoms with van der Waals surface area (Å²) < 4.78 is 36.1. The third-order valence-electron chi connectivity index (χ3n) is 3.24. The van der Waals surface area contributed by atoms with Crippen LogP contribution in [-0.4, -0.2) is 52.5 Å². The summed E-state index contributed by atoms with van der Waals surface area (Å²) in [6.07, 6.45) is 0.510. The molecule has 1 aromatic rings. The van der Waals surface area contributed by atoms with Gasteiger partial charge in [-0.2, -0.15) is 0 Å². The van der Waals surface area contributed by atoms with E-state index in [2.05, 4.69) is 5.32 Å². The average molecular weight is 344 g/mol. The van der Waals surface area contributed by atoms with Crippen LogP contribution in [0.15, 0.2) is 23.1 Å². The fourth-order valence-corrected chi connectivity index (χ4v) is 2.99. The molecule has 0 fully saturated rings. The van der Waals surface area contributed by atoms with Crippen molar-refractivity contribution in [2.45, 2.75) is 31.2 Å². The van der Waals surface area contributed by atoms with Gasteiger partial charge in [-0.25, -0.2) is 17.5 Å². The topological polar surface area (TPSA) is 84.9 Å². The van der Waals surface area contributed by atoms with Crippen molar-refractivity contribution in [3.63, 3.8) is 0 Å². The molecule has 1 unspecified atom stereocenters. The lowest BCUT2D eigenvalue weighted by molar-refractivity contribution is -0.141. The minimum atomic E-state index is -3.67. The lowest BCUT2D eigenvalue weighted by Gasteiger charge is -2.19. The molecule has 0 heterocycles. The summed E-state index contributed by atoms with van der Waals surface area (Å²) >= 11 is 0. The molecule has 0 bridgehead atoms. The van der Waals surface area contributed by atoms with Gasteiger partial charge in [0.1, 0.15) is 16.7 Å². The van der Waals surface area contributed by atoms with Gasteiger partial charge in [0.25, 0.3) is 0 Å². The van der Waals surface area contributed by atoms with Crippen LogP contribution in [0.1, 0.15) is 20.3 Å². The smallest absolute Gasteiger partial charge is 0.328 e. The first-order chi connectivity index (χ1) is 10.8. The Morgan fingerprint density at radius 3 is 2.43 bits per heavy atom. The van der Waals surface area contributed by atoms with Crippen LogP contribution in [0.3, 0.4) is 0 Å². The standard InChI is InChI=1S/C15H24N2O5S/c1-6-12(15(18)21-5)16-11-8-9-13(22-7-2)14(10-11)23(19,20)17(3)4/h8-10,12,16H,6-7H2,1-5H3. The molecule has 0 amide bonds. The highest BCUT2D eigenvalue weighted by Crippen LogP contribution is 2.29. The zero-order valence-corrected chi connectivity index (χ0v) is 14.9. The number of hydrogen-bond donors (Lipinski definition) is 1. The molecule has 0 aliphatic carbocycles. The summed E-state index contributed by atoms with van der Waals surface area (Å²) in [4.78, 5) is 11.7. The van der Waals surface area contributed by atoms with E-state index in [1.165, 1.54) is 27.3 Å². The van der Waals surface area contributed by atoms with Crippen LogP contribution < -0.4 is 10.1 Å². The number of carbonyl (C=O) groups is 1. The van der Waals surface area contributed by atoms with E-state index in [0.29, 0.717) is 18.7 Å². The lowest BCUT2D eigenvalue weighted by atomic mass is 10.2. The van der Waals surface area contributed by atoms with Gasteiger partial charge in [-0.1, -0.05) is 6.92 Å². The van der Waals surface area contributed by atoms with Gasteiger partial charge in [0.15, 0.2) is 0 Å². The molecule has 0 aliphatic heterocycles. The van der Waals surface area contributed by atoms with Crippen molar-refractivity contribution < 1.29 is 22.7 Å².